The highest BCUT2D eigenvalue weighted by Gasteiger charge is 2.32. The molecular formula is C24H23N7O2. The van der Waals surface area contributed by atoms with E-state index in [9.17, 15) is 4.79 Å². The SMILES string of the molecule is C=CC(=O)N1CC[C@@H](c2c(-c3ccc(Oc4ncccn4)cc3)c3c(N)ncnc3n2C)C1. The molecular weight excluding hydrogens is 418 g/mol. The van der Waals surface area contributed by atoms with Crippen molar-refractivity contribution in [3.8, 4) is 22.9 Å². The summed E-state index contributed by atoms with van der Waals surface area (Å²) >= 11 is 0. The van der Waals surface area contributed by atoms with Gasteiger partial charge in [-0.15, -0.1) is 0 Å². The van der Waals surface area contributed by atoms with Gasteiger partial charge in [0.05, 0.1) is 5.39 Å². The lowest BCUT2D eigenvalue weighted by Crippen LogP contribution is -2.26. The van der Waals surface area contributed by atoms with Crippen LogP contribution >= 0.6 is 0 Å². The van der Waals surface area contributed by atoms with E-state index in [1.54, 1.807) is 18.5 Å². The van der Waals surface area contributed by atoms with Crippen molar-refractivity contribution in [2.45, 2.75) is 12.3 Å². The second kappa shape index (κ2) is 8.34. The number of aromatic nitrogens is 5. The Morgan fingerprint density at radius 1 is 1.18 bits per heavy atom. The van der Waals surface area contributed by atoms with E-state index in [4.69, 9.17) is 10.5 Å². The summed E-state index contributed by atoms with van der Waals surface area (Å²) in [7, 11) is 1.98. The summed E-state index contributed by atoms with van der Waals surface area (Å²) in [6, 6.07) is 9.71. The molecule has 1 aromatic carbocycles. The zero-order valence-electron chi connectivity index (χ0n) is 18.2. The van der Waals surface area contributed by atoms with Crippen molar-refractivity contribution < 1.29 is 9.53 Å². The predicted octanol–water partition coefficient (Wildman–Crippen LogP) is 3.30. The molecule has 1 amide bonds. The lowest BCUT2D eigenvalue weighted by Gasteiger charge is -2.17. The number of rotatable bonds is 5. The second-order valence-corrected chi connectivity index (χ2v) is 7.91. The van der Waals surface area contributed by atoms with E-state index in [0.29, 0.717) is 24.7 Å². The number of likely N-dealkylation sites (tertiary alicyclic amines) is 1. The molecule has 0 spiro atoms. The molecule has 33 heavy (non-hydrogen) atoms. The predicted molar refractivity (Wildman–Crippen MR) is 125 cm³/mol. The van der Waals surface area contributed by atoms with Gasteiger partial charge in [0.15, 0.2) is 0 Å². The van der Waals surface area contributed by atoms with Crippen LogP contribution < -0.4 is 10.5 Å². The van der Waals surface area contributed by atoms with Crippen LogP contribution in [-0.4, -0.2) is 48.4 Å². The minimum atomic E-state index is -0.0539. The van der Waals surface area contributed by atoms with Crippen molar-refractivity contribution >= 4 is 22.8 Å². The molecule has 0 aliphatic carbocycles. The molecule has 0 radical (unpaired) electrons. The number of carbonyl (C=O) groups is 1. The van der Waals surface area contributed by atoms with Crippen LogP contribution in [0.2, 0.25) is 0 Å². The summed E-state index contributed by atoms with van der Waals surface area (Å²) in [5.74, 6) is 1.13. The quantitative estimate of drug-likeness (QED) is 0.473. The smallest absolute Gasteiger partial charge is 0.321 e. The lowest BCUT2D eigenvalue weighted by atomic mass is 9.94. The van der Waals surface area contributed by atoms with Crippen LogP contribution in [0.15, 0.2) is 61.7 Å². The number of fused-ring (bicyclic) bond motifs is 1. The normalized spacial score (nSPS) is 15.7. The summed E-state index contributed by atoms with van der Waals surface area (Å²) in [5.41, 5.74) is 10.1. The van der Waals surface area contributed by atoms with E-state index < -0.39 is 0 Å². The molecule has 1 aliphatic heterocycles. The van der Waals surface area contributed by atoms with E-state index in [1.807, 2.05) is 36.2 Å². The number of nitrogen functional groups attached to an aromatic ring is 1. The number of benzene rings is 1. The minimum absolute atomic E-state index is 0.0539. The standard InChI is InChI=1S/C24H23N7O2/c1-3-18(32)31-12-9-16(13-31)21-19(20-22(25)28-14-29-23(20)30(21)2)15-5-7-17(8-6-15)33-24-26-10-4-11-27-24/h3-8,10-11,14,16H,1,9,12-13H2,2H3,(H2,25,28,29)/t16-/m1/s1. The van der Waals surface area contributed by atoms with Crippen LogP contribution in [0.1, 0.15) is 18.0 Å². The van der Waals surface area contributed by atoms with Gasteiger partial charge in [0.1, 0.15) is 23.5 Å². The average Bonchev–Trinajstić information content (AvgIpc) is 3.43. The Bertz CT molecular complexity index is 1330. The molecule has 1 atom stereocenters. The van der Waals surface area contributed by atoms with Gasteiger partial charge in [-0.3, -0.25) is 4.79 Å². The van der Waals surface area contributed by atoms with Crippen molar-refractivity contribution in [1.82, 2.24) is 29.4 Å². The van der Waals surface area contributed by atoms with Gasteiger partial charge < -0.3 is 19.9 Å². The first-order valence-corrected chi connectivity index (χ1v) is 10.6. The van der Waals surface area contributed by atoms with Gasteiger partial charge in [-0.05, 0) is 36.3 Å². The third kappa shape index (κ3) is 3.67. The van der Waals surface area contributed by atoms with Gasteiger partial charge in [0.2, 0.25) is 5.91 Å². The molecule has 9 nitrogen and oxygen atoms in total. The Labute approximate surface area is 190 Å². The first kappa shape index (κ1) is 20.6. The van der Waals surface area contributed by atoms with Gasteiger partial charge in [0, 0.05) is 49.7 Å². The number of nitrogens with two attached hydrogens (primary N) is 1. The Balaban J connectivity index is 1.58. The molecule has 1 fully saturated rings. The first-order chi connectivity index (χ1) is 16.1. The summed E-state index contributed by atoms with van der Waals surface area (Å²) < 4.78 is 7.81. The van der Waals surface area contributed by atoms with Crippen molar-refractivity contribution in [3.63, 3.8) is 0 Å². The van der Waals surface area contributed by atoms with Crippen LogP contribution in [0, 0.1) is 0 Å². The molecule has 0 unspecified atom stereocenters. The molecule has 4 heterocycles. The van der Waals surface area contributed by atoms with Gasteiger partial charge in [0.25, 0.3) is 0 Å². The molecule has 3 aromatic heterocycles. The van der Waals surface area contributed by atoms with Crippen LogP contribution in [0.5, 0.6) is 11.8 Å². The van der Waals surface area contributed by atoms with E-state index in [2.05, 4.69) is 31.1 Å². The number of hydrogen-bond acceptors (Lipinski definition) is 7. The van der Waals surface area contributed by atoms with Crippen LogP contribution in [0.25, 0.3) is 22.2 Å². The molecule has 2 N–H and O–H groups in total. The Morgan fingerprint density at radius 3 is 2.67 bits per heavy atom. The van der Waals surface area contributed by atoms with Crippen LogP contribution in [0.4, 0.5) is 5.82 Å². The molecule has 0 saturated carbocycles. The molecule has 5 rings (SSSR count). The fourth-order valence-corrected chi connectivity index (χ4v) is 4.51. The second-order valence-electron chi connectivity index (χ2n) is 7.91. The van der Waals surface area contributed by atoms with Crippen LogP contribution in [-0.2, 0) is 11.8 Å². The Morgan fingerprint density at radius 2 is 1.94 bits per heavy atom. The maximum Gasteiger partial charge on any atom is 0.321 e. The molecule has 1 saturated heterocycles. The Kier molecular flexibility index (Phi) is 5.21. The molecule has 4 aromatic rings. The monoisotopic (exact) mass is 441 g/mol. The average molecular weight is 441 g/mol. The number of anilines is 1. The largest absolute Gasteiger partial charge is 0.424 e. The van der Waals surface area contributed by atoms with Crippen molar-refractivity contribution in [1.29, 1.82) is 0 Å². The summed E-state index contributed by atoms with van der Waals surface area (Å²) in [6.07, 6.45) is 6.94. The van der Waals surface area contributed by atoms with E-state index in [-0.39, 0.29) is 17.8 Å². The highest BCUT2D eigenvalue weighted by Crippen LogP contribution is 2.42. The number of carbonyl (C=O) groups excluding carboxylic acids is 1. The molecule has 9 heteroatoms. The molecule has 0 bridgehead atoms. The maximum atomic E-state index is 12.2. The number of ether oxygens (including phenoxy) is 1. The Hall–Kier alpha value is -4.27. The minimum Gasteiger partial charge on any atom is -0.424 e. The van der Waals surface area contributed by atoms with Crippen molar-refractivity contribution in [2.75, 3.05) is 18.8 Å². The molecule has 166 valence electrons. The van der Waals surface area contributed by atoms with Crippen LogP contribution in [0.3, 0.4) is 0 Å². The van der Waals surface area contributed by atoms with E-state index in [0.717, 1.165) is 34.3 Å². The summed E-state index contributed by atoms with van der Waals surface area (Å²) in [6.45, 7) is 4.91. The van der Waals surface area contributed by atoms with Crippen molar-refractivity contribution in [2.24, 2.45) is 7.05 Å². The van der Waals surface area contributed by atoms with E-state index >= 15 is 0 Å². The highest BCUT2D eigenvalue weighted by molar-refractivity contribution is 6.02. The number of aryl methyl sites for hydroxylation is 1. The fourth-order valence-electron chi connectivity index (χ4n) is 4.51. The fraction of sp³-hybridized carbons (Fsp3) is 0.208. The topological polar surface area (TPSA) is 112 Å². The molecule has 1 aliphatic rings. The van der Waals surface area contributed by atoms with E-state index in [1.165, 1.54) is 12.4 Å². The number of amides is 1. The summed E-state index contributed by atoms with van der Waals surface area (Å²) in [5, 5.41) is 0.809. The third-order valence-corrected chi connectivity index (χ3v) is 6.00. The van der Waals surface area contributed by atoms with Crippen molar-refractivity contribution in [3.05, 3.63) is 67.4 Å². The number of nitrogens with zero attached hydrogens (tertiary/aromatic N) is 6. The first-order valence-electron chi connectivity index (χ1n) is 10.6. The zero-order valence-corrected chi connectivity index (χ0v) is 18.2. The van der Waals surface area contributed by atoms with Gasteiger partial charge in [-0.2, -0.15) is 0 Å². The number of hydrogen-bond donors (Lipinski definition) is 1. The van der Waals surface area contributed by atoms with Gasteiger partial charge >= 0.3 is 6.01 Å². The third-order valence-electron chi connectivity index (χ3n) is 6.00. The zero-order chi connectivity index (χ0) is 22.9. The lowest BCUT2D eigenvalue weighted by molar-refractivity contribution is -0.125. The maximum absolute atomic E-state index is 12.2. The van der Waals surface area contributed by atoms with Gasteiger partial charge in [-0.1, -0.05) is 18.7 Å². The van der Waals surface area contributed by atoms with Gasteiger partial charge in [-0.25, -0.2) is 19.9 Å². The summed E-state index contributed by atoms with van der Waals surface area (Å²) in [4.78, 5) is 30.9. The highest BCUT2D eigenvalue weighted by atomic mass is 16.5.